The van der Waals surface area contributed by atoms with E-state index < -0.39 is 11.8 Å². The second kappa shape index (κ2) is 5.05. The fraction of sp³-hybridized carbons (Fsp3) is 0.562. The summed E-state index contributed by atoms with van der Waals surface area (Å²) in [5.41, 5.74) is 0.832. The number of piperidine rings is 1. The summed E-state index contributed by atoms with van der Waals surface area (Å²) in [6, 6.07) is 4.96. The van der Waals surface area contributed by atoms with Gasteiger partial charge in [0.15, 0.2) is 0 Å². The molecular formula is C16H20F2N2O. The van der Waals surface area contributed by atoms with Crippen molar-refractivity contribution in [2.24, 2.45) is 0 Å². The number of hydrogen-bond donors (Lipinski definition) is 1. The first-order valence-electron chi connectivity index (χ1n) is 7.42. The molecule has 3 nitrogen and oxygen atoms in total. The molecule has 3 rings (SSSR count). The normalized spacial score (nSPS) is 21.1. The molecule has 1 amide bonds. The van der Waals surface area contributed by atoms with E-state index in [2.05, 4.69) is 24.1 Å². The smallest absolute Gasteiger partial charge is 0.263 e. The van der Waals surface area contributed by atoms with Crippen LogP contribution in [-0.2, 0) is 10.2 Å². The number of hydrogen-bond acceptors (Lipinski definition) is 2. The van der Waals surface area contributed by atoms with Crippen molar-refractivity contribution >= 4 is 11.6 Å². The van der Waals surface area contributed by atoms with Crippen molar-refractivity contribution in [2.75, 3.05) is 18.4 Å². The highest BCUT2D eigenvalue weighted by Crippen LogP contribution is 2.46. The Labute approximate surface area is 123 Å². The van der Waals surface area contributed by atoms with Crippen molar-refractivity contribution < 1.29 is 13.6 Å². The molecule has 1 aromatic rings. The Morgan fingerprint density at radius 3 is 2.48 bits per heavy atom. The number of fused-ring (bicyclic) bond motifs is 2. The minimum atomic E-state index is -2.50. The number of nitrogens with one attached hydrogen (secondary N) is 1. The molecule has 0 aliphatic carbocycles. The predicted octanol–water partition coefficient (Wildman–Crippen LogP) is 3.32. The fourth-order valence-electron chi connectivity index (χ4n) is 3.49. The monoisotopic (exact) mass is 294 g/mol. The van der Waals surface area contributed by atoms with Crippen LogP contribution in [0, 0.1) is 0 Å². The van der Waals surface area contributed by atoms with Gasteiger partial charge in [-0.1, -0.05) is 6.07 Å². The molecule has 0 aromatic heterocycles. The Morgan fingerprint density at radius 1 is 1.24 bits per heavy atom. The molecule has 0 saturated carbocycles. The quantitative estimate of drug-likeness (QED) is 0.907. The van der Waals surface area contributed by atoms with Crippen molar-refractivity contribution in [3.8, 4) is 0 Å². The molecule has 1 fully saturated rings. The molecule has 114 valence electrons. The third-order valence-corrected chi connectivity index (χ3v) is 4.88. The Bertz CT molecular complexity index is 563. The molecule has 1 aromatic carbocycles. The van der Waals surface area contributed by atoms with Crippen LogP contribution in [0.4, 0.5) is 14.5 Å². The number of anilines is 1. The largest absolute Gasteiger partial charge is 0.325 e. The van der Waals surface area contributed by atoms with E-state index in [1.54, 1.807) is 6.07 Å². The van der Waals surface area contributed by atoms with Crippen LogP contribution >= 0.6 is 0 Å². The Morgan fingerprint density at radius 2 is 1.90 bits per heavy atom. The third kappa shape index (κ3) is 2.24. The van der Waals surface area contributed by atoms with E-state index in [-0.39, 0.29) is 11.5 Å². The molecule has 1 N–H and O–H groups in total. The van der Waals surface area contributed by atoms with Crippen molar-refractivity contribution in [1.82, 2.24) is 4.90 Å². The van der Waals surface area contributed by atoms with Gasteiger partial charge in [0.1, 0.15) is 0 Å². The molecule has 0 atom stereocenters. The average Bonchev–Trinajstić information content (AvgIpc) is 2.72. The van der Waals surface area contributed by atoms with Crippen LogP contribution in [0.1, 0.15) is 44.2 Å². The highest BCUT2D eigenvalue weighted by atomic mass is 19.3. The summed E-state index contributed by atoms with van der Waals surface area (Å²) in [5, 5.41) is 2.87. The van der Waals surface area contributed by atoms with Gasteiger partial charge < -0.3 is 10.2 Å². The number of alkyl halides is 2. The maximum Gasteiger partial charge on any atom is 0.263 e. The van der Waals surface area contributed by atoms with E-state index in [0.717, 1.165) is 18.7 Å². The second-order valence-corrected chi connectivity index (χ2v) is 6.27. The number of carbonyl (C=O) groups is 1. The van der Waals surface area contributed by atoms with Crippen LogP contribution in [-0.4, -0.2) is 29.9 Å². The van der Waals surface area contributed by atoms with Crippen molar-refractivity contribution in [1.29, 1.82) is 0 Å². The Balaban J connectivity index is 1.95. The van der Waals surface area contributed by atoms with Crippen molar-refractivity contribution in [2.45, 2.75) is 44.6 Å². The highest BCUT2D eigenvalue weighted by Gasteiger charge is 2.48. The van der Waals surface area contributed by atoms with Gasteiger partial charge in [0.25, 0.3) is 6.43 Å². The highest BCUT2D eigenvalue weighted by molar-refractivity contribution is 6.06. The molecule has 1 saturated heterocycles. The first-order valence-corrected chi connectivity index (χ1v) is 7.42. The summed E-state index contributed by atoms with van der Waals surface area (Å²) in [6.45, 7) is 5.91. The van der Waals surface area contributed by atoms with Gasteiger partial charge in [0.05, 0.1) is 5.41 Å². The zero-order valence-corrected chi connectivity index (χ0v) is 12.3. The van der Waals surface area contributed by atoms with E-state index in [0.29, 0.717) is 24.6 Å². The van der Waals surface area contributed by atoms with Gasteiger partial charge in [-0.3, -0.25) is 4.79 Å². The molecule has 5 heteroatoms. The lowest BCUT2D eigenvalue weighted by atomic mass is 9.73. The topological polar surface area (TPSA) is 32.3 Å². The van der Waals surface area contributed by atoms with Gasteiger partial charge in [-0.15, -0.1) is 0 Å². The van der Waals surface area contributed by atoms with Crippen molar-refractivity contribution in [3.63, 3.8) is 0 Å². The number of likely N-dealkylation sites (tertiary alicyclic amines) is 1. The van der Waals surface area contributed by atoms with Gasteiger partial charge in [-0.25, -0.2) is 8.78 Å². The first kappa shape index (κ1) is 14.4. The molecule has 0 bridgehead atoms. The third-order valence-electron chi connectivity index (χ3n) is 4.88. The summed E-state index contributed by atoms with van der Waals surface area (Å²) in [7, 11) is 0. The number of carbonyl (C=O) groups excluding carboxylic acids is 1. The standard InChI is InChI=1S/C16H20F2N2O/c1-10(2)20-7-5-16(6-8-20)12-9-11(14(17)18)3-4-13(12)19-15(16)21/h3-4,9-10,14H,5-8H2,1-2H3,(H,19,21). The van der Waals surface area contributed by atoms with Gasteiger partial charge >= 0.3 is 0 Å². The summed E-state index contributed by atoms with van der Waals surface area (Å²) < 4.78 is 25.9. The SMILES string of the molecule is CC(C)N1CCC2(CC1)C(=O)Nc1ccc(C(F)F)cc12. The molecular weight excluding hydrogens is 274 g/mol. The van der Waals surface area contributed by atoms with E-state index in [1.807, 2.05) is 0 Å². The minimum absolute atomic E-state index is 0.00378. The Hall–Kier alpha value is -1.49. The molecule has 0 unspecified atom stereocenters. The number of benzene rings is 1. The maximum absolute atomic E-state index is 12.9. The maximum atomic E-state index is 12.9. The lowest BCUT2D eigenvalue weighted by molar-refractivity contribution is -0.122. The molecule has 0 radical (unpaired) electrons. The summed E-state index contributed by atoms with van der Waals surface area (Å²) >= 11 is 0. The van der Waals surface area contributed by atoms with Crippen LogP contribution in [0.25, 0.3) is 0 Å². The van der Waals surface area contributed by atoms with Crippen LogP contribution in [0.3, 0.4) is 0 Å². The lowest BCUT2D eigenvalue weighted by Gasteiger charge is -2.39. The number of halogens is 2. The van der Waals surface area contributed by atoms with E-state index in [9.17, 15) is 13.6 Å². The first-order chi connectivity index (χ1) is 9.94. The van der Waals surface area contributed by atoms with E-state index >= 15 is 0 Å². The average molecular weight is 294 g/mol. The van der Waals surface area contributed by atoms with Gasteiger partial charge in [0.2, 0.25) is 5.91 Å². The lowest BCUT2D eigenvalue weighted by Crippen LogP contribution is -2.48. The predicted molar refractivity (Wildman–Crippen MR) is 77.6 cm³/mol. The summed E-state index contributed by atoms with van der Waals surface area (Å²) in [6.07, 6.45) is -1.12. The summed E-state index contributed by atoms with van der Waals surface area (Å²) in [5.74, 6) is -0.0349. The zero-order valence-electron chi connectivity index (χ0n) is 12.3. The molecule has 2 aliphatic heterocycles. The summed E-state index contributed by atoms with van der Waals surface area (Å²) in [4.78, 5) is 14.8. The molecule has 1 spiro atoms. The van der Waals surface area contributed by atoms with Crippen LogP contribution in [0.5, 0.6) is 0 Å². The number of nitrogens with zero attached hydrogens (tertiary/aromatic N) is 1. The fourth-order valence-corrected chi connectivity index (χ4v) is 3.49. The molecule has 2 heterocycles. The van der Waals surface area contributed by atoms with Crippen LogP contribution < -0.4 is 5.32 Å². The number of amides is 1. The van der Waals surface area contributed by atoms with Crippen molar-refractivity contribution in [3.05, 3.63) is 29.3 Å². The van der Waals surface area contributed by atoms with Gasteiger partial charge in [0, 0.05) is 17.3 Å². The minimum Gasteiger partial charge on any atom is -0.325 e. The van der Waals surface area contributed by atoms with E-state index in [1.165, 1.54) is 12.1 Å². The zero-order chi connectivity index (χ0) is 15.2. The molecule has 21 heavy (non-hydrogen) atoms. The van der Waals surface area contributed by atoms with Gasteiger partial charge in [-0.2, -0.15) is 0 Å². The molecule has 2 aliphatic rings. The van der Waals surface area contributed by atoms with Crippen LogP contribution in [0.15, 0.2) is 18.2 Å². The number of rotatable bonds is 2. The van der Waals surface area contributed by atoms with Gasteiger partial charge in [-0.05, 0) is 57.5 Å². The van der Waals surface area contributed by atoms with Crippen LogP contribution in [0.2, 0.25) is 0 Å². The second-order valence-electron chi connectivity index (χ2n) is 6.27. The van der Waals surface area contributed by atoms with E-state index in [4.69, 9.17) is 0 Å². The Kier molecular flexibility index (Phi) is 3.48.